The molecular formula is C12H10N4O. The number of amides is 2. The Bertz CT molecular complexity index is 555. The molecule has 1 N–H and O–H groups in total. The summed E-state index contributed by atoms with van der Waals surface area (Å²) in [5.41, 5.74) is 1.77. The number of nitrogens with one attached hydrogen (secondary N) is 1. The summed E-state index contributed by atoms with van der Waals surface area (Å²) in [6.07, 6.45) is 3.15. The van der Waals surface area contributed by atoms with Crippen LogP contribution in [0.15, 0.2) is 42.9 Å². The first kappa shape index (κ1) is 9.77. The third kappa shape index (κ3) is 1.71. The maximum Gasteiger partial charge on any atom is 0.327 e. The van der Waals surface area contributed by atoms with Crippen LogP contribution in [-0.4, -0.2) is 16.0 Å². The first-order chi connectivity index (χ1) is 8.34. The largest absolute Gasteiger partial charge is 0.327 e. The van der Waals surface area contributed by atoms with Gasteiger partial charge in [0, 0.05) is 17.4 Å². The molecule has 0 fully saturated rings. The Kier molecular flexibility index (Phi) is 2.22. The molecule has 1 aliphatic heterocycles. The Morgan fingerprint density at radius 1 is 1.24 bits per heavy atom. The molecular weight excluding hydrogens is 216 g/mol. The van der Waals surface area contributed by atoms with Crippen LogP contribution in [-0.2, 0) is 6.54 Å². The average Bonchev–Trinajstić information content (AvgIpc) is 2.39. The number of aromatic nitrogens is 2. The molecule has 0 saturated carbocycles. The molecule has 17 heavy (non-hydrogen) atoms. The summed E-state index contributed by atoms with van der Waals surface area (Å²) in [4.78, 5) is 21.6. The zero-order chi connectivity index (χ0) is 11.7. The number of rotatable bonds is 1. The zero-order valence-electron chi connectivity index (χ0n) is 9.00. The molecule has 3 rings (SSSR count). The Balaban J connectivity index is 1.98. The second-order valence-electron chi connectivity index (χ2n) is 3.75. The molecule has 5 nitrogen and oxygen atoms in total. The molecule has 2 heterocycles. The third-order valence-corrected chi connectivity index (χ3v) is 2.65. The molecule has 0 aliphatic carbocycles. The molecule has 5 heteroatoms. The van der Waals surface area contributed by atoms with Crippen molar-refractivity contribution in [3.8, 4) is 0 Å². The molecule has 2 aromatic rings. The zero-order valence-corrected chi connectivity index (χ0v) is 9.00. The van der Waals surface area contributed by atoms with Gasteiger partial charge in [-0.05, 0) is 12.1 Å². The fraction of sp³-hybridized carbons (Fsp3) is 0.0833. The monoisotopic (exact) mass is 226 g/mol. The first-order valence-electron chi connectivity index (χ1n) is 5.27. The summed E-state index contributed by atoms with van der Waals surface area (Å²) in [6.45, 7) is 0.492. The number of nitrogens with zero attached hydrogens (tertiary/aromatic N) is 3. The number of carbonyl (C=O) groups is 1. The van der Waals surface area contributed by atoms with Crippen molar-refractivity contribution in [2.75, 3.05) is 10.2 Å². The van der Waals surface area contributed by atoms with Crippen LogP contribution in [0.1, 0.15) is 5.56 Å². The van der Waals surface area contributed by atoms with Gasteiger partial charge >= 0.3 is 6.03 Å². The fourth-order valence-electron chi connectivity index (χ4n) is 1.81. The maximum atomic E-state index is 11.9. The number of anilines is 2. The van der Waals surface area contributed by atoms with Gasteiger partial charge in [-0.25, -0.2) is 14.8 Å². The van der Waals surface area contributed by atoms with Crippen LogP contribution < -0.4 is 10.2 Å². The molecule has 0 radical (unpaired) electrons. The van der Waals surface area contributed by atoms with Crippen LogP contribution >= 0.6 is 0 Å². The lowest BCUT2D eigenvalue weighted by molar-refractivity contribution is 0.256. The van der Waals surface area contributed by atoms with Crippen molar-refractivity contribution in [1.82, 2.24) is 9.97 Å². The van der Waals surface area contributed by atoms with E-state index in [2.05, 4.69) is 15.3 Å². The van der Waals surface area contributed by atoms with E-state index in [9.17, 15) is 4.79 Å². The van der Waals surface area contributed by atoms with Crippen LogP contribution in [0.3, 0.4) is 0 Å². The molecule has 1 aromatic carbocycles. The van der Waals surface area contributed by atoms with Gasteiger partial charge in [0.15, 0.2) is 0 Å². The number of hydrogen-bond acceptors (Lipinski definition) is 3. The standard InChI is InChI=1S/C12H10N4O/c17-12-15-11-9(6-13-8-14-11)7-16(12)10-4-2-1-3-5-10/h1-6,8H,7H2,(H,13,14,15,17). The third-order valence-electron chi connectivity index (χ3n) is 2.65. The number of carbonyl (C=O) groups excluding carboxylic acids is 1. The average molecular weight is 226 g/mol. The van der Waals surface area contributed by atoms with E-state index in [1.54, 1.807) is 11.1 Å². The molecule has 0 spiro atoms. The minimum Gasteiger partial charge on any atom is -0.291 e. The van der Waals surface area contributed by atoms with Crippen molar-refractivity contribution < 1.29 is 4.79 Å². The van der Waals surface area contributed by atoms with E-state index in [4.69, 9.17) is 0 Å². The van der Waals surface area contributed by atoms with Crippen molar-refractivity contribution in [1.29, 1.82) is 0 Å². The Hall–Kier alpha value is -2.43. The lowest BCUT2D eigenvalue weighted by atomic mass is 10.2. The first-order valence-corrected chi connectivity index (χ1v) is 5.27. The van der Waals surface area contributed by atoms with Gasteiger partial charge in [-0.1, -0.05) is 18.2 Å². The second-order valence-corrected chi connectivity index (χ2v) is 3.75. The smallest absolute Gasteiger partial charge is 0.291 e. The molecule has 2 amide bonds. The van der Waals surface area contributed by atoms with Gasteiger partial charge in [0.1, 0.15) is 12.1 Å². The summed E-state index contributed by atoms with van der Waals surface area (Å²) in [6, 6.07) is 9.35. The van der Waals surface area contributed by atoms with Gasteiger partial charge < -0.3 is 0 Å². The predicted molar refractivity (Wildman–Crippen MR) is 63.7 cm³/mol. The number of para-hydroxylation sites is 1. The molecule has 1 aliphatic rings. The van der Waals surface area contributed by atoms with E-state index < -0.39 is 0 Å². The molecule has 0 saturated heterocycles. The lowest BCUT2D eigenvalue weighted by Crippen LogP contribution is -2.39. The van der Waals surface area contributed by atoms with Gasteiger partial charge in [0.05, 0.1) is 6.54 Å². The maximum absolute atomic E-state index is 11.9. The van der Waals surface area contributed by atoms with E-state index in [0.29, 0.717) is 12.4 Å². The van der Waals surface area contributed by atoms with Crippen molar-refractivity contribution in [2.24, 2.45) is 0 Å². The van der Waals surface area contributed by atoms with E-state index >= 15 is 0 Å². The van der Waals surface area contributed by atoms with Crippen LogP contribution in [0.2, 0.25) is 0 Å². The van der Waals surface area contributed by atoms with Crippen LogP contribution in [0.5, 0.6) is 0 Å². The Morgan fingerprint density at radius 3 is 2.88 bits per heavy atom. The van der Waals surface area contributed by atoms with E-state index in [0.717, 1.165) is 11.3 Å². The second kappa shape index (κ2) is 3.86. The highest BCUT2D eigenvalue weighted by molar-refractivity contribution is 6.03. The van der Waals surface area contributed by atoms with Gasteiger partial charge in [0.25, 0.3) is 0 Å². The van der Waals surface area contributed by atoms with Crippen molar-refractivity contribution in [3.63, 3.8) is 0 Å². The quantitative estimate of drug-likeness (QED) is 0.809. The normalized spacial score (nSPS) is 14.1. The van der Waals surface area contributed by atoms with Crippen LogP contribution in [0.25, 0.3) is 0 Å². The fourth-order valence-corrected chi connectivity index (χ4v) is 1.81. The van der Waals surface area contributed by atoms with Crippen LogP contribution in [0.4, 0.5) is 16.3 Å². The summed E-state index contributed by atoms with van der Waals surface area (Å²) < 4.78 is 0. The van der Waals surface area contributed by atoms with Gasteiger partial charge in [-0.2, -0.15) is 0 Å². The van der Waals surface area contributed by atoms with E-state index in [1.165, 1.54) is 6.33 Å². The molecule has 0 bridgehead atoms. The number of urea groups is 1. The van der Waals surface area contributed by atoms with E-state index in [-0.39, 0.29) is 6.03 Å². The molecule has 1 aromatic heterocycles. The minimum atomic E-state index is -0.164. The van der Waals surface area contributed by atoms with Crippen molar-refractivity contribution >= 4 is 17.5 Å². The van der Waals surface area contributed by atoms with Gasteiger partial charge in [-0.15, -0.1) is 0 Å². The summed E-state index contributed by atoms with van der Waals surface area (Å²) in [5, 5.41) is 2.74. The number of hydrogen-bond donors (Lipinski definition) is 1. The highest BCUT2D eigenvalue weighted by Crippen LogP contribution is 2.24. The highest BCUT2D eigenvalue weighted by Gasteiger charge is 2.24. The van der Waals surface area contributed by atoms with Gasteiger partial charge in [0.2, 0.25) is 0 Å². The lowest BCUT2D eigenvalue weighted by Gasteiger charge is -2.28. The van der Waals surface area contributed by atoms with Gasteiger partial charge in [-0.3, -0.25) is 10.2 Å². The molecule has 0 atom stereocenters. The summed E-state index contributed by atoms with van der Waals surface area (Å²) in [5.74, 6) is 0.595. The Morgan fingerprint density at radius 2 is 2.06 bits per heavy atom. The Labute approximate surface area is 98.1 Å². The van der Waals surface area contributed by atoms with Crippen molar-refractivity contribution in [2.45, 2.75) is 6.54 Å². The minimum absolute atomic E-state index is 0.164. The number of benzene rings is 1. The molecule has 0 unspecified atom stereocenters. The van der Waals surface area contributed by atoms with Crippen molar-refractivity contribution in [3.05, 3.63) is 48.4 Å². The summed E-state index contributed by atoms with van der Waals surface area (Å²) in [7, 11) is 0. The SMILES string of the molecule is O=C1Nc2ncncc2CN1c1ccccc1. The molecule has 84 valence electrons. The van der Waals surface area contributed by atoms with Crippen LogP contribution in [0, 0.1) is 0 Å². The number of fused-ring (bicyclic) bond motifs is 1. The predicted octanol–water partition coefficient (Wildman–Crippen LogP) is 2.03. The highest BCUT2D eigenvalue weighted by atomic mass is 16.2. The van der Waals surface area contributed by atoms with E-state index in [1.807, 2.05) is 30.3 Å². The summed E-state index contributed by atoms with van der Waals surface area (Å²) >= 11 is 0. The topological polar surface area (TPSA) is 58.1 Å².